The van der Waals surface area contributed by atoms with Gasteiger partial charge in [-0.15, -0.1) is 0 Å². The second-order valence-corrected chi connectivity index (χ2v) is 4.89. The van der Waals surface area contributed by atoms with Gasteiger partial charge in [0.15, 0.2) is 0 Å². The highest BCUT2D eigenvalue weighted by Gasteiger charge is 2.18. The molecule has 96 valence electrons. The van der Waals surface area contributed by atoms with Gasteiger partial charge in [0.25, 0.3) is 0 Å². The van der Waals surface area contributed by atoms with E-state index in [-0.39, 0.29) is 11.7 Å². The number of amides is 1. The minimum atomic E-state index is -0.261. The van der Waals surface area contributed by atoms with Crippen molar-refractivity contribution in [3.63, 3.8) is 0 Å². The van der Waals surface area contributed by atoms with Crippen molar-refractivity contribution in [2.45, 2.75) is 19.8 Å². The second kappa shape index (κ2) is 5.80. The summed E-state index contributed by atoms with van der Waals surface area (Å²) < 4.78 is 12.7. The largest absolute Gasteiger partial charge is 0.339 e. The smallest absolute Gasteiger partial charge is 0.246 e. The molecule has 0 saturated carbocycles. The van der Waals surface area contributed by atoms with Crippen molar-refractivity contribution in [1.82, 2.24) is 4.90 Å². The Morgan fingerprint density at radius 2 is 1.89 bits per heavy atom. The van der Waals surface area contributed by atoms with Crippen LogP contribution < -0.4 is 0 Å². The zero-order valence-electron chi connectivity index (χ0n) is 10.6. The number of hydrogen-bond acceptors (Lipinski definition) is 1. The lowest BCUT2D eigenvalue weighted by Crippen LogP contribution is -2.36. The number of nitrogens with zero attached hydrogens (tertiary/aromatic N) is 1. The zero-order chi connectivity index (χ0) is 13.0. The number of likely N-dealkylation sites (tertiary alicyclic amines) is 1. The first-order chi connectivity index (χ1) is 8.65. The summed E-state index contributed by atoms with van der Waals surface area (Å²) in [5, 5.41) is 0. The fourth-order valence-corrected chi connectivity index (χ4v) is 2.08. The fourth-order valence-electron chi connectivity index (χ4n) is 2.08. The number of benzene rings is 1. The second-order valence-electron chi connectivity index (χ2n) is 4.89. The Balaban J connectivity index is 1.92. The van der Waals surface area contributed by atoms with Crippen LogP contribution in [0.25, 0.3) is 6.08 Å². The van der Waals surface area contributed by atoms with Crippen LogP contribution in [-0.4, -0.2) is 23.9 Å². The van der Waals surface area contributed by atoms with Crippen LogP contribution in [0.15, 0.2) is 30.3 Å². The van der Waals surface area contributed by atoms with Crippen LogP contribution in [0.3, 0.4) is 0 Å². The Morgan fingerprint density at radius 3 is 2.50 bits per heavy atom. The normalized spacial score (nSPS) is 17.3. The standard InChI is InChI=1S/C15H18FNO/c1-12-8-10-17(11-9-12)15(18)7-4-13-2-5-14(16)6-3-13/h2-7,12H,8-11H2,1H3/b7-4+. The van der Waals surface area contributed by atoms with Crippen molar-refractivity contribution in [3.05, 3.63) is 41.7 Å². The zero-order valence-corrected chi connectivity index (χ0v) is 10.6. The van der Waals surface area contributed by atoms with Gasteiger partial charge in [-0.05, 0) is 42.5 Å². The predicted octanol–water partition coefficient (Wildman–Crippen LogP) is 3.10. The Labute approximate surface area is 107 Å². The first-order valence-electron chi connectivity index (χ1n) is 6.38. The molecule has 1 aliphatic rings. The lowest BCUT2D eigenvalue weighted by molar-refractivity contribution is -0.127. The molecule has 0 N–H and O–H groups in total. The van der Waals surface area contributed by atoms with Gasteiger partial charge in [0.1, 0.15) is 5.82 Å². The Hall–Kier alpha value is -1.64. The summed E-state index contributed by atoms with van der Waals surface area (Å²) in [5.41, 5.74) is 0.843. The third-order valence-electron chi connectivity index (χ3n) is 3.38. The van der Waals surface area contributed by atoms with Gasteiger partial charge in [-0.3, -0.25) is 4.79 Å². The van der Waals surface area contributed by atoms with Gasteiger partial charge >= 0.3 is 0 Å². The number of halogens is 1. The fraction of sp³-hybridized carbons (Fsp3) is 0.400. The lowest BCUT2D eigenvalue weighted by Gasteiger charge is -2.29. The Morgan fingerprint density at radius 1 is 1.28 bits per heavy atom. The summed E-state index contributed by atoms with van der Waals surface area (Å²) in [6.07, 6.45) is 5.47. The summed E-state index contributed by atoms with van der Waals surface area (Å²) in [6, 6.07) is 6.12. The molecule has 1 fully saturated rings. The number of rotatable bonds is 2. The van der Waals surface area contributed by atoms with E-state index in [0.29, 0.717) is 0 Å². The highest BCUT2D eigenvalue weighted by atomic mass is 19.1. The molecule has 0 bridgehead atoms. The molecule has 1 aromatic carbocycles. The van der Waals surface area contributed by atoms with Gasteiger partial charge < -0.3 is 4.90 Å². The molecular weight excluding hydrogens is 229 g/mol. The van der Waals surface area contributed by atoms with Crippen LogP contribution in [0, 0.1) is 11.7 Å². The van der Waals surface area contributed by atoms with Crippen molar-refractivity contribution >= 4 is 12.0 Å². The molecule has 1 saturated heterocycles. The van der Waals surface area contributed by atoms with E-state index in [0.717, 1.165) is 37.4 Å². The highest BCUT2D eigenvalue weighted by molar-refractivity contribution is 5.91. The molecule has 0 aliphatic carbocycles. The monoisotopic (exact) mass is 247 g/mol. The summed E-state index contributed by atoms with van der Waals surface area (Å²) >= 11 is 0. The van der Waals surface area contributed by atoms with Crippen LogP contribution in [0.4, 0.5) is 4.39 Å². The first kappa shape index (κ1) is 12.8. The molecular formula is C15H18FNO. The van der Waals surface area contributed by atoms with Crippen LogP contribution in [0.1, 0.15) is 25.3 Å². The number of carbonyl (C=O) groups is 1. The van der Waals surface area contributed by atoms with Crippen LogP contribution in [0.2, 0.25) is 0 Å². The van der Waals surface area contributed by atoms with Crippen molar-refractivity contribution in [3.8, 4) is 0 Å². The van der Waals surface area contributed by atoms with Crippen LogP contribution >= 0.6 is 0 Å². The molecule has 1 heterocycles. The molecule has 0 unspecified atom stereocenters. The molecule has 0 spiro atoms. The van der Waals surface area contributed by atoms with Gasteiger partial charge in [-0.2, -0.15) is 0 Å². The van der Waals surface area contributed by atoms with Gasteiger partial charge in [0.2, 0.25) is 5.91 Å². The highest BCUT2D eigenvalue weighted by Crippen LogP contribution is 2.16. The van der Waals surface area contributed by atoms with E-state index in [1.807, 2.05) is 4.90 Å². The van der Waals surface area contributed by atoms with E-state index in [9.17, 15) is 9.18 Å². The van der Waals surface area contributed by atoms with Gasteiger partial charge in [-0.25, -0.2) is 4.39 Å². The van der Waals surface area contributed by atoms with Crippen molar-refractivity contribution in [2.75, 3.05) is 13.1 Å². The summed E-state index contributed by atoms with van der Waals surface area (Å²) in [7, 11) is 0. The minimum Gasteiger partial charge on any atom is -0.339 e. The third-order valence-corrected chi connectivity index (χ3v) is 3.38. The maximum atomic E-state index is 12.7. The molecule has 18 heavy (non-hydrogen) atoms. The van der Waals surface area contributed by atoms with E-state index < -0.39 is 0 Å². The van der Waals surface area contributed by atoms with E-state index in [4.69, 9.17) is 0 Å². The molecule has 2 rings (SSSR count). The van der Waals surface area contributed by atoms with Gasteiger partial charge in [-0.1, -0.05) is 19.1 Å². The van der Waals surface area contributed by atoms with Crippen LogP contribution in [0.5, 0.6) is 0 Å². The average Bonchev–Trinajstić information content (AvgIpc) is 2.38. The molecule has 0 radical (unpaired) electrons. The molecule has 3 heteroatoms. The van der Waals surface area contributed by atoms with E-state index in [1.165, 1.54) is 12.1 Å². The summed E-state index contributed by atoms with van der Waals surface area (Å²) in [4.78, 5) is 13.8. The van der Waals surface area contributed by atoms with Crippen LogP contribution in [-0.2, 0) is 4.79 Å². The number of piperidine rings is 1. The average molecular weight is 247 g/mol. The molecule has 0 atom stereocenters. The third kappa shape index (κ3) is 3.42. The number of hydrogen-bond donors (Lipinski definition) is 0. The van der Waals surface area contributed by atoms with E-state index >= 15 is 0 Å². The SMILES string of the molecule is CC1CCN(C(=O)/C=C/c2ccc(F)cc2)CC1. The first-order valence-corrected chi connectivity index (χ1v) is 6.38. The molecule has 1 aromatic rings. The van der Waals surface area contributed by atoms with E-state index in [2.05, 4.69) is 6.92 Å². The molecule has 0 aromatic heterocycles. The molecule has 1 amide bonds. The maximum absolute atomic E-state index is 12.7. The van der Waals surface area contributed by atoms with Crippen molar-refractivity contribution < 1.29 is 9.18 Å². The van der Waals surface area contributed by atoms with E-state index in [1.54, 1.807) is 24.3 Å². The quantitative estimate of drug-likeness (QED) is 0.735. The minimum absolute atomic E-state index is 0.0474. The summed E-state index contributed by atoms with van der Waals surface area (Å²) in [5.74, 6) is 0.504. The van der Waals surface area contributed by atoms with Crippen molar-refractivity contribution in [1.29, 1.82) is 0 Å². The molecule has 2 nitrogen and oxygen atoms in total. The van der Waals surface area contributed by atoms with Crippen molar-refractivity contribution in [2.24, 2.45) is 5.92 Å². The topological polar surface area (TPSA) is 20.3 Å². The van der Waals surface area contributed by atoms with Gasteiger partial charge in [0, 0.05) is 19.2 Å². The lowest BCUT2D eigenvalue weighted by atomic mass is 9.99. The predicted molar refractivity (Wildman–Crippen MR) is 70.4 cm³/mol. The Kier molecular flexibility index (Phi) is 4.13. The van der Waals surface area contributed by atoms with Gasteiger partial charge in [0.05, 0.1) is 0 Å². The summed E-state index contributed by atoms with van der Waals surface area (Å²) in [6.45, 7) is 3.90. The maximum Gasteiger partial charge on any atom is 0.246 e. The molecule has 1 aliphatic heterocycles. The Bertz CT molecular complexity index is 430. The number of carbonyl (C=O) groups excluding carboxylic acids is 1.